The first-order chi connectivity index (χ1) is 9.22. The number of hydrogen-bond acceptors (Lipinski definition) is 2. The molecule has 2 aromatic rings. The molecule has 3 heteroatoms. The van der Waals surface area contributed by atoms with Gasteiger partial charge in [-0.3, -0.25) is 4.79 Å². The molecule has 0 saturated carbocycles. The van der Waals surface area contributed by atoms with Crippen LogP contribution in [0.2, 0.25) is 0 Å². The Hall–Kier alpha value is -1.87. The first-order valence-electron chi connectivity index (χ1n) is 6.74. The summed E-state index contributed by atoms with van der Waals surface area (Å²) in [6.45, 7) is 2.67. The summed E-state index contributed by atoms with van der Waals surface area (Å²) in [7, 11) is 0. The monoisotopic (exact) mass is 256 g/mol. The van der Waals surface area contributed by atoms with E-state index in [0.717, 1.165) is 29.2 Å². The molecule has 2 rings (SSSR count). The number of benzene rings is 2. The van der Waals surface area contributed by atoms with Gasteiger partial charge >= 0.3 is 0 Å². The maximum Gasteiger partial charge on any atom is 0.251 e. The van der Waals surface area contributed by atoms with Gasteiger partial charge in [0, 0.05) is 18.2 Å². The minimum absolute atomic E-state index is 0.0277. The molecule has 0 aromatic heterocycles. The van der Waals surface area contributed by atoms with E-state index in [1.165, 1.54) is 0 Å². The van der Waals surface area contributed by atoms with E-state index in [4.69, 9.17) is 5.73 Å². The molecule has 0 heterocycles. The zero-order valence-electron chi connectivity index (χ0n) is 11.2. The van der Waals surface area contributed by atoms with Gasteiger partial charge in [0.2, 0.25) is 0 Å². The van der Waals surface area contributed by atoms with Gasteiger partial charge in [-0.25, -0.2) is 0 Å². The average Bonchev–Trinajstić information content (AvgIpc) is 2.46. The predicted molar refractivity (Wildman–Crippen MR) is 79.2 cm³/mol. The zero-order chi connectivity index (χ0) is 13.7. The topological polar surface area (TPSA) is 55.1 Å². The van der Waals surface area contributed by atoms with Crippen LogP contribution in [0.4, 0.5) is 0 Å². The summed E-state index contributed by atoms with van der Waals surface area (Å²) in [6, 6.07) is 13.9. The Labute approximate surface area is 113 Å². The van der Waals surface area contributed by atoms with E-state index in [9.17, 15) is 4.79 Å². The largest absolute Gasteiger partial charge is 0.352 e. The number of fused-ring (bicyclic) bond motifs is 1. The Morgan fingerprint density at radius 1 is 1.21 bits per heavy atom. The Kier molecular flexibility index (Phi) is 4.53. The summed E-state index contributed by atoms with van der Waals surface area (Å²) in [6.07, 6.45) is 1.75. The van der Waals surface area contributed by atoms with Crippen molar-refractivity contribution in [2.45, 2.75) is 25.8 Å². The SMILES string of the molecule is CCC(N)CCNC(=O)c1cccc2ccccc12. The van der Waals surface area contributed by atoms with Gasteiger partial charge < -0.3 is 11.1 Å². The smallest absolute Gasteiger partial charge is 0.251 e. The summed E-state index contributed by atoms with van der Waals surface area (Å²) < 4.78 is 0. The van der Waals surface area contributed by atoms with Crippen molar-refractivity contribution in [1.82, 2.24) is 5.32 Å². The number of hydrogen-bond donors (Lipinski definition) is 2. The quantitative estimate of drug-likeness (QED) is 0.864. The van der Waals surface area contributed by atoms with E-state index >= 15 is 0 Å². The highest BCUT2D eigenvalue weighted by Gasteiger charge is 2.09. The minimum atomic E-state index is -0.0277. The molecule has 0 radical (unpaired) electrons. The molecular formula is C16H20N2O. The molecule has 2 aromatic carbocycles. The van der Waals surface area contributed by atoms with Crippen LogP contribution >= 0.6 is 0 Å². The third-order valence-electron chi connectivity index (χ3n) is 3.36. The summed E-state index contributed by atoms with van der Waals surface area (Å²) in [5, 5.41) is 5.01. The average molecular weight is 256 g/mol. The number of carbonyl (C=O) groups excluding carboxylic acids is 1. The van der Waals surface area contributed by atoms with Crippen molar-refractivity contribution >= 4 is 16.7 Å². The molecule has 3 nitrogen and oxygen atoms in total. The number of nitrogens with one attached hydrogen (secondary N) is 1. The van der Waals surface area contributed by atoms with Crippen molar-refractivity contribution in [3.05, 3.63) is 48.0 Å². The summed E-state index contributed by atoms with van der Waals surface area (Å²) >= 11 is 0. The van der Waals surface area contributed by atoms with E-state index in [0.29, 0.717) is 6.54 Å². The van der Waals surface area contributed by atoms with Crippen LogP contribution in [0.15, 0.2) is 42.5 Å². The van der Waals surface area contributed by atoms with Crippen molar-refractivity contribution < 1.29 is 4.79 Å². The van der Waals surface area contributed by atoms with E-state index in [1.54, 1.807) is 0 Å². The van der Waals surface area contributed by atoms with Gasteiger partial charge in [-0.2, -0.15) is 0 Å². The lowest BCUT2D eigenvalue weighted by atomic mass is 10.0. The van der Waals surface area contributed by atoms with Gasteiger partial charge in [0.05, 0.1) is 0 Å². The molecule has 0 spiro atoms. The lowest BCUT2D eigenvalue weighted by molar-refractivity contribution is 0.0954. The molecule has 0 aliphatic heterocycles. The molecule has 1 atom stereocenters. The maximum atomic E-state index is 12.2. The van der Waals surface area contributed by atoms with Crippen LogP contribution in [0.3, 0.4) is 0 Å². The normalized spacial score (nSPS) is 12.3. The molecule has 19 heavy (non-hydrogen) atoms. The summed E-state index contributed by atoms with van der Waals surface area (Å²) in [5.41, 5.74) is 6.56. The molecular weight excluding hydrogens is 236 g/mol. The molecule has 0 saturated heterocycles. The number of rotatable bonds is 5. The van der Waals surface area contributed by atoms with Gasteiger partial charge in [-0.05, 0) is 29.7 Å². The van der Waals surface area contributed by atoms with E-state index in [2.05, 4.69) is 12.2 Å². The van der Waals surface area contributed by atoms with Crippen LogP contribution in [-0.4, -0.2) is 18.5 Å². The highest BCUT2D eigenvalue weighted by Crippen LogP contribution is 2.18. The lowest BCUT2D eigenvalue weighted by Gasteiger charge is -2.11. The van der Waals surface area contributed by atoms with E-state index < -0.39 is 0 Å². The van der Waals surface area contributed by atoms with Gasteiger partial charge in [-0.1, -0.05) is 43.3 Å². The fourth-order valence-corrected chi connectivity index (χ4v) is 2.09. The van der Waals surface area contributed by atoms with E-state index in [-0.39, 0.29) is 11.9 Å². The minimum Gasteiger partial charge on any atom is -0.352 e. The van der Waals surface area contributed by atoms with Crippen LogP contribution in [0, 0.1) is 0 Å². The molecule has 1 unspecified atom stereocenters. The Morgan fingerprint density at radius 2 is 1.95 bits per heavy atom. The molecule has 3 N–H and O–H groups in total. The second kappa shape index (κ2) is 6.34. The Bertz CT molecular complexity index is 560. The fourth-order valence-electron chi connectivity index (χ4n) is 2.09. The van der Waals surface area contributed by atoms with Crippen molar-refractivity contribution in [3.63, 3.8) is 0 Å². The van der Waals surface area contributed by atoms with Crippen LogP contribution in [0.1, 0.15) is 30.1 Å². The van der Waals surface area contributed by atoms with Crippen LogP contribution in [0.25, 0.3) is 10.8 Å². The third kappa shape index (κ3) is 3.32. The highest BCUT2D eigenvalue weighted by molar-refractivity contribution is 6.06. The van der Waals surface area contributed by atoms with Crippen LogP contribution < -0.4 is 11.1 Å². The first kappa shape index (κ1) is 13.6. The van der Waals surface area contributed by atoms with Crippen molar-refractivity contribution in [1.29, 1.82) is 0 Å². The maximum absolute atomic E-state index is 12.2. The first-order valence-corrected chi connectivity index (χ1v) is 6.74. The van der Waals surface area contributed by atoms with Crippen molar-refractivity contribution in [2.24, 2.45) is 5.73 Å². The molecule has 100 valence electrons. The van der Waals surface area contributed by atoms with Gasteiger partial charge in [0.25, 0.3) is 5.91 Å². The van der Waals surface area contributed by atoms with E-state index in [1.807, 2.05) is 42.5 Å². The molecule has 0 bridgehead atoms. The van der Waals surface area contributed by atoms with Crippen LogP contribution in [-0.2, 0) is 0 Å². The third-order valence-corrected chi connectivity index (χ3v) is 3.36. The number of amides is 1. The van der Waals surface area contributed by atoms with Crippen LogP contribution in [0.5, 0.6) is 0 Å². The second-order valence-electron chi connectivity index (χ2n) is 4.74. The molecule has 0 aliphatic rings. The molecule has 1 amide bonds. The number of carbonyl (C=O) groups is 1. The van der Waals surface area contributed by atoms with Crippen molar-refractivity contribution in [2.75, 3.05) is 6.54 Å². The van der Waals surface area contributed by atoms with Gasteiger partial charge in [0.1, 0.15) is 0 Å². The standard InChI is InChI=1S/C16H20N2O/c1-2-13(17)10-11-18-16(19)15-9-5-7-12-6-3-4-8-14(12)15/h3-9,13H,2,10-11,17H2,1H3,(H,18,19). The summed E-state index contributed by atoms with van der Waals surface area (Å²) in [5.74, 6) is -0.0277. The molecule has 0 fully saturated rings. The lowest BCUT2D eigenvalue weighted by Crippen LogP contribution is -2.30. The molecule has 0 aliphatic carbocycles. The summed E-state index contributed by atoms with van der Waals surface area (Å²) in [4.78, 5) is 12.2. The highest BCUT2D eigenvalue weighted by atomic mass is 16.1. The predicted octanol–water partition coefficient (Wildman–Crippen LogP) is 2.70. The number of nitrogens with two attached hydrogens (primary N) is 1. The van der Waals surface area contributed by atoms with Crippen molar-refractivity contribution in [3.8, 4) is 0 Å². The van der Waals surface area contributed by atoms with Gasteiger partial charge in [-0.15, -0.1) is 0 Å². The Balaban J connectivity index is 2.09. The Morgan fingerprint density at radius 3 is 2.74 bits per heavy atom. The fraction of sp³-hybridized carbons (Fsp3) is 0.312. The zero-order valence-corrected chi connectivity index (χ0v) is 11.2. The van der Waals surface area contributed by atoms with Gasteiger partial charge in [0.15, 0.2) is 0 Å². The second-order valence-corrected chi connectivity index (χ2v) is 4.74.